The van der Waals surface area contributed by atoms with Gasteiger partial charge in [-0.05, 0) is 76.8 Å². The van der Waals surface area contributed by atoms with E-state index in [1.807, 2.05) is 18.4 Å². The number of nitriles is 2. The molecule has 12 rings (SSSR count). The van der Waals surface area contributed by atoms with Crippen molar-refractivity contribution in [2.45, 2.75) is 265 Å². The van der Waals surface area contributed by atoms with E-state index < -0.39 is 128 Å². The molecule has 38 nitrogen and oxygen atoms in total. The van der Waals surface area contributed by atoms with Crippen molar-refractivity contribution in [3.05, 3.63) is 151 Å². The molecule has 4 N–H and O–H groups in total. The van der Waals surface area contributed by atoms with Crippen LogP contribution in [-0.2, 0) is 64.2 Å². The molecular formula is C76H115N16O22P3Si2. The number of aliphatic hydroxyl groups excluding tert-OH is 1. The van der Waals surface area contributed by atoms with Gasteiger partial charge in [-0.2, -0.15) is 10.5 Å². The summed E-state index contributed by atoms with van der Waals surface area (Å²) in [6.07, 6.45) is 10.6. The van der Waals surface area contributed by atoms with E-state index in [4.69, 9.17) is 81.9 Å². The maximum absolute atomic E-state index is 12.6. The standard InChI is InChI=1S/C33H45N7O10P2Si.C27H46N5O5PSi.C13H15N3O6.C2H3N.CH4.H2O/c1-9-22-27(28(50-53(7,8)33(3,4)5)30(46-22)40-16-11-25(42)38-18-13-36-32(38)40)49-52(44-19-14-34-6)45-20-23-21(2)26(48-51-43)29(47-23)39-15-10-24(41)37-17-12-35-31(37)39;1-11-21-23(36-38(34-18-12-14-28)32(19(2)3)20(4)5)24(37-39(9,10)27(6,7)8)25(35-21)31-16-13-22(33)30-17-15-29-26(30)31;1-7-8(6-17)21-11(10(7)22-13(19)20)16-4-2-9(18)15-5-3-14-12(15)16;1-2-3;;/h10-13,15-18,21-23,26-30H,9,14,19-20H2,1-5,7-8H3;13,15-17,19-21,23-25H,11-12,18H2,1-10H3;2-5,7-8,10-11,17H,6H2,1H3,(H,19,20);1H3;1H4;1H2/t21-,22-,23-,26-,27-,28-,29-,30-,52?;21-,23-,24-,25-,38?;7-,8-,10-,11-;;;/m111.../s1. The Labute approximate surface area is 697 Å². The Bertz CT molecular complexity index is 5020. The first-order valence-electron chi connectivity index (χ1n) is 38.7. The molecule has 4 aliphatic heterocycles. The Morgan fingerprint density at radius 2 is 0.975 bits per heavy atom. The monoisotopic (exact) mass is 1750 g/mol. The van der Waals surface area contributed by atoms with E-state index in [-0.39, 0.29) is 115 Å². The fourth-order valence-corrected chi connectivity index (χ4v) is 19.5. The van der Waals surface area contributed by atoms with Gasteiger partial charge in [0.05, 0.1) is 62.8 Å². The summed E-state index contributed by atoms with van der Waals surface area (Å²) in [6, 6.07) is 9.95. The number of carboxylic acid groups (broad SMARTS) is 1. The van der Waals surface area contributed by atoms with Crippen LogP contribution < -0.4 is 22.2 Å². The maximum Gasteiger partial charge on any atom is 0.506 e. The predicted molar refractivity (Wildman–Crippen MR) is 446 cm³/mol. The first-order chi connectivity index (χ1) is 55.5. The van der Waals surface area contributed by atoms with Gasteiger partial charge in [0.15, 0.2) is 47.7 Å². The average Bonchev–Trinajstić information content (AvgIpc) is 1.62. The fraction of sp³-hybridized carbons (Fsp3) is 0.632. The number of fused-ring (bicyclic) bond motifs is 4. The van der Waals surface area contributed by atoms with Crippen LogP contribution in [0.25, 0.3) is 28.0 Å². The second kappa shape index (κ2) is 42.8. The first kappa shape index (κ1) is 98.3. The van der Waals surface area contributed by atoms with Gasteiger partial charge in [-0.1, -0.05) is 76.7 Å². The predicted octanol–water partition coefficient (Wildman–Crippen LogP) is 11.7. The Balaban J connectivity index is 0.000000259. The van der Waals surface area contributed by atoms with Gasteiger partial charge in [0.25, 0.3) is 30.8 Å². The largest absolute Gasteiger partial charge is 0.506 e. The van der Waals surface area contributed by atoms with Gasteiger partial charge < -0.3 is 75.7 Å². The van der Waals surface area contributed by atoms with Gasteiger partial charge in [0.2, 0.25) is 29.7 Å². The highest BCUT2D eigenvalue weighted by molar-refractivity contribution is 7.44. The summed E-state index contributed by atoms with van der Waals surface area (Å²) in [5, 5.41) is 34.5. The van der Waals surface area contributed by atoms with E-state index in [2.05, 4.69) is 138 Å². The number of aliphatic hydroxyl groups is 1. The molecule has 0 amide bonds. The summed E-state index contributed by atoms with van der Waals surface area (Å²) in [6.45, 7) is 46.9. The molecule has 18 atom stereocenters. The van der Waals surface area contributed by atoms with Crippen molar-refractivity contribution < 1.29 is 84.7 Å². The first-order valence-corrected chi connectivity index (χ1v) is 47.5. The molecule has 8 aromatic heterocycles. The number of carbonyl (C=O) groups is 1. The van der Waals surface area contributed by atoms with Gasteiger partial charge >= 0.3 is 23.4 Å². The summed E-state index contributed by atoms with van der Waals surface area (Å²) in [5.74, 6) is 0.865. The van der Waals surface area contributed by atoms with Crippen LogP contribution in [-0.4, -0.2) is 205 Å². The minimum atomic E-state index is -2.46. The number of aromatic nitrogens is 12. The fourth-order valence-electron chi connectivity index (χ4n) is 13.6. The van der Waals surface area contributed by atoms with Gasteiger partial charge in [0, 0.05) is 129 Å². The Hall–Kier alpha value is -7.79. The van der Waals surface area contributed by atoms with Crippen LogP contribution in [0.2, 0.25) is 36.3 Å². The van der Waals surface area contributed by atoms with Crippen LogP contribution in [0.3, 0.4) is 0 Å². The lowest BCUT2D eigenvalue weighted by Gasteiger charge is -2.42. The van der Waals surface area contributed by atoms with Gasteiger partial charge in [0.1, 0.15) is 37.1 Å². The Kier molecular flexibility index (Phi) is 35.4. The van der Waals surface area contributed by atoms with E-state index in [0.717, 1.165) is 0 Å². The van der Waals surface area contributed by atoms with Crippen molar-refractivity contribution in [1.29, 1.82) is 10.5 Å². The third-order valence-corrected chi connectivity index (χ3v) is 34.2. The van der Waals surface area contributed by atoms with E-state index in [1.54, 1.807) is 71.7 Å². The van der Waals surface area contributed by atoms with Crippen LogP contribution in [0.5, 0.6) is 0 Å². The molecule has 0 bridgehead atoms. The van der Waals surface area contributed by atoms with Crippen molar-refractivity contribution in [2.24, 2.45) is 11.8 Å². The average molecular weight is 1750 g/mol. The molecule has 0 radical (unpaired) electrons. The summed E-state index contributed by atoms with van der Waals surface area (Å²) >= 11 is 0. The topological polar surface area (TPSA) is 438 Å². The minimum Gasteiger partial charge on any atom is -0.450 e. The van der Waals surface area contributed by atoms with Crippen molar-refractivity contribution in [3.63, 3.8) is 0 Å². The highest BCUT2D eigenvalue weighted by Crippen LogP contribution is 2.54. The zero-order valence-corrected chi connectivity index (χ0v) is 74.6. The number of rotatable bonds is 30. The summed E-state index contributed by atoms with van der Waals surface area (Å²) in [5.41, 5.74) is -0.893. The van der Waals surface area contributed by atoms with Crippen LogP contribution in [0.1, 0.15) is 155 Å². The van der Waals surface area contributed by atoms with Gasteiger partial charge in [-0.25, -0.2) is 40.5 Å². The zero-order valence-electron chi connectivity index (χ0n) is 69.9. The molecule has 0 aromatic carbocycles. The molecule has 4 fully saturated rings. The normalized spacial score (nSPS) is 25.0. The van der Waals surface area contributed by atoms with Crippen molar-refractivity contribution in [1.82, 2.24) is 60.5 Å². The van der Waals surface area contributed by atoms with Crippen LogP contribution >= 0.6 is 25.8 Å². The van der Waals surface area contributed by atoms with E-state index in [0.29, 0.717) is 36.0 Å². The van der Waals surface area contributed by atoms with Crippen molar-refractivity contribution >= 4 is 71.7 Å². The number of imidazole rings is 4. The Morgan fingerprint density at radius 3 is 1.33 bits per heavy atom. The molecule has 2 unspecified atom stereocenters. The number of hydrogen-bond donors (Lipinski definition) is 2. The van der Waals surface area contributed by atoms with Crippen molar-refractivity contribution in [2.75, 3.05) is 33.0 Å². The number of hydrogen-bond acceptors (Lipinski definition) is 27. The smallest absolute Gasteiger partial charge is 0.450 e. The molecule has 119 heavy (non-hydrogen) atoms. The van der Waals surface area contributed by atoms with Crippen LogP contribution in [0, 0.1) is 41.1 Å². The molecule has 4 saturated heterocycles. The highest BCUT2D eigenvalue weighted by atomic mass is 31.2. The van der Waals surface area contributed by atoms with Crippen LogP contribution in [0.4, 0.5) is 4.79 Å². The maximum atomic E-state index is 12.6. The lowest BCUT2D eigenvalue weighted by atomic mass is 10.0. The molecule has 0 spiro atoms. The van der Waals surface area contributed by atoms with Gasteiger partial charge in [-0.15, -0.1) is 0 Å². The van der Waals surface area contributed by atoms with Crippen molar-refractivity contribution in [3.8, 4) is 12.1 Å². The van der Waals surface area contributed by atoms with Gasteiger partial charge in [-0.3, -0.25) is 59.6 Å². The molecule has 8 aromatic rings. The quantitative estimate of drug-likeness (QED) is 0.0139. The van der Waals surface area contributed by atoms with Crippen LogP contribution in [0.15, 0.2) is 118 Å². The third kappa shape index (κ3) is 22.4. The molecule has 4 aliphatic rings. The molecule has 12 heterocycles. The third-order valence-electron chi connectivity index (χ3n) is 21.6. The molecule has 0 saturated carbocycles. The molecule has 43 heteroatoms. The summed E-state index contributed by atoms with van der Waals surface area (Å²) < 4.78 is 109. The zero-order chi connectivity index (χ0) is 85.8. The lowest BCUT2D eigenvalue weighted by Crippen LogP contribution is -2.49. The Morgan fingerprint density at radius 1 is 0.605 bits per heavy atom. The summed E-state index contributed by atoms with van der Waals surface area (Å²) in [7, 11) is -8.90. The molecular weight excluding hydrogens is 1640 g/mol. The SMILES string of the molecule is C.CC#N.CC[C@H]1O[C@@H](n2ccc(=O)n3ccnc23)[C@H](O[Si](C)(C)C(C)(C)C)[C@@H]1OP(OCCC#N)N(C(C)C)C(C)C.C[C@H]1[C@@H](OC(=O)O)[C@H](n2ccc(=O)n3ccnc23)O[C@@H]1CO.O.[C-]#[N+]CCOP(OC[C@H]1O[C@@H](n2ccc(=O)n3ccnc23)[C@H](OP=O)[C@@H]1C)O[C@H]1[C@@H](O[Si](C)(C)C(C)(C)C)[C@H](n2ccc(=O)n3ccnc23)O[C@@H]1CC. The van der Waals surface area contributed by atoms with E-state index in [9.17, 15) is 33.6 Å². The second-order valence-electron chi connectivity index (χ2n) is 31.9. The minimum absolute atomic E-state index is 0. The van der Waals surface area contributed by atoms with E-state index in [1.165, 1.54) is 78.1 Å². The second-order valence-corrected chi connectivity index (χ2v) is 44.4. The summed E-state index contributed by atoms with van der Waals surface area (Å²) in [4.78, 5) is 81.0. The van der Waals surface area contributed by atoms with E-state index >= 15 is 0 Å². The number of ether oxygens (including phenoxy) is 5. The lowest BCUT2D eigenvalue weighted by molar-refractivity contribution is -0.0587. The molecule has 654 valence electrons. The molecule has 0 aliphatic carbocycles. The number of nitrogens with zero attached hydrogens (tertiary/aromatic N) is 16. The highest BCUT2D eigenvalue weighted by Gasteiger charge is 2.56.